The van der Waals surface area contributed by atoms with Gasteiger partial charge in [-0.15, -0.1) is 0 Å². The number of aromatic nitrogens is 9. The minimum Gasteiger partial charge on any atom is -0.292 e. The molecular formula is C138H87N9. The highest BCUT2D eigenvalue weighted by Gasteiger charge is 2.28. The maximum Gasteiger partial charge on any atom is 0.165 e. The third kappa shape index (κ3) is 14.9. The van der Waals surface area contributed by atoms with Gasteiger partial charge in [0.15, 0.2) is 17.5 Å². The van der Waals surface area contributed by atoms with Gasteiger partial charge in [0, 0.05) is 49.0 Å². The van der Waals surface area contributed by atoms with Gasteiger partial charge in [0.25, 0.3) is 0 Å². The van der Waals surface area contributed by atoms with Gasteiger partial charge in [-0.2, -0.15) is 0 Å². The summed E-state index contributed by atoms with van der Waals surface area (Å²) >= 11 is 0. The zero-order chi connectivity index (χ0) is 96.9. The smallest absolute Gasteiger partial charge is 0.165 e. The van der Waals surface area contributed by atoms with Crippen molar-refractivity contribution in [2.45, 2.75) is 0 Å². The summed E-state index contributed by atoms with van der Waals surface area (Å²) in [5.41, 5.74) is 31.8. The second-order valence-corrected chi connectivity index (χ2v) is 37.8. The summed E-state index contributed by atoms with van der Waals surface area (Å²) in [5.74, 6) is 2.47. The topological polar surface area (TPSA) is 92.1 Å². The van der Waals surface area contributed by atoms with Gasteiger partial charge >= 0.3 is 0 Å². The number of hydrogen-bond donors (Lipinski definition) is 0. The summed E-state index contributed by atoms with van der Waals surface area (Å²) in [6, 6.07) is 188. The van der Waals surface area contributed by atoms with Crippen LogP contribution in [0.5, 0.6) is 0 Å². The predicted molar refractivity (Wildman–Crippen MR) is 616 cm³/mol. The SMILES string of the molecule is c1ccc(-c2ccc(-c3ccc(-c4nc5ccccc5nc4-n4c5ccc6ccccc6c5c5c6ccccc6ccc54)cc3)cc2)cc1.c1ccc(-c2ccc(-c3cccc(-c4nc5ccccc5nc4-n4c5ccc6ccccc6c5c5c6ccccc6ccc54)c3)cc2)cc1.c1ccc(-c2cccc(-c3ccc(-c4nc5ccccc5nc4-n4c5ccc6ccccc6c5c5c6ccccc6ccc54)cc3)c2)cc1. The molecule has 0 aliphatic heterocycles. The highest BCUT2D eigenvalue weighted by Crippen LogP contribution is 2.48. The van der Waals surface area contributed by atoms with E-state index >= 15 is 0 Å². The van der Waals surface area contributed by atoms with E-state index in [4.69, 9.17) is 29.9 Å². The van der Waals surface area contributed by atoms with E-state index in [-0.39, 0.29) is 0 Å². The second kappa shape index (κ2) is 35.8. The van der Waals surface area contributed by atoms with Gasteiger partial charge in [0.1, 0.15) is 17.1 Å². The maximum atomic E-state index is 5.40. The van der Waals surface area contributed by atoms with Gasteiger partial charge in [0.2, 0.25) is 0 Å². The summed E-state index contributed by atoms with van der Waals surface area (Å²) in [6.45, 7) is 0. The first-order chi connectivity index (χ1) is 72.9. The maximum absolute atomic E-state index is 5.40. The standard InChI is InChI=1S/3C46H29N3/c1-2-11-30(12-3-1)35-15-10-16-36(29-35)31-21-23-34(24-22-31)45-46(48-40-20-9-8-19-39(40)47-45)49-41-27-25-32-13-4-6-17-37(32)43(41)44-38-18-7-5-14-33(38)26-28-42(44)49;1-2-11-30(12-3-1)31-21-23-32(24-22-31)35-15-10-16-36(29-35)45-46(48-40-20-9-8-19-39(40)47-45)49-41-27-25-33-13-4-6-17-37(33)43(41)44-38-18-7-5-14-34(38)26-28-42(44)49;1-2-10-30(11-3-1)31-18-20-32(21-19-31)33-22-24-36(25-23-33)45-46(48-40-17-9-8-16-39(40)47-45)49-41-28-26-34-12-4-6-14-37(34)43(41)44-38-15-7-5-13-35(38)27-29-42(44)49/h3*1-29H. The van der Waals surface area contributed by atoms with Crippen LogP contribution in [0.2, 0.25) is 0 Å². The molecule has 0 aliphatic carbocycles. The van der Waals surface area contributed by atoms with Crippen molar-refractivity contribution in [3.8, 4) is 118 Å². The van der Waals surface area contributed by atoms with Crippen LogP contribution in [0.25, 0.3) is 281 Å². The Morgan fingerprint density at radius 2 is 0.286 bits per heavy atom. The number of nitrogens with zero attached hydrogens (tertiary/aromatic N) is 9. The third-order valence-corrected chi connectivity index (χ3v) is 29.3. The Balaban J connectivity index is 0.000000107. The fourth-order valence-corrected chi connectivity index (χ4v) is 22.3. The highest BCUT2D eigenvalue weighted by atomic mass is 15.1. The highest BCUT2D eigenvalue weighted by molar-refractivity contribution is 6.32. The second-order valence-electron chi connectivity index (χ2n) is 37.8. The third-order valence-electron chi connectivity index (χ3n) is 29.3. The van der Waals surface area contributed by atoms with Crippen molar-refractivity contribution in [3.63, 3.8) is 0 Å². The van der Waals surface area contributed by atoms with Crippen molar-refractivity contribution in [1.29, 1.82) is 0 Å². The van der Waals surface area contributed by atoms with Crippen LogP contribution in [-0.4, -0.2) is 43.6 Å². The lowest BCUT2D eigenvalue weighted by atomic mass is 9.98. The molecular weight excluding hydrogens is 1780 g/mol. The van der Waals surface area contributed by atoms with Crippen LogP contribution in [0.15, 0.2) is 528 Å². The fourth-order valence-electron chi connectivity index (χ4n) is 22.3. The number of rotatable bonds is 12. The molecule has 0 amide bonds. The molecule has 0 N–H and O–H groups in total. The van der Waals surface area contributed by atoms with Gasteiger partial charge in [-0.25, -0.2) is 29.9 Å². The quantitative estimate of drug-likeness (QED) is 0.121. The summed E-state index contributed by atoms with van der Waals surface area (Å²) in [5, 5.41) is 22.1. The zero-order valence-electron chi connectivity index (χ0n) is 79.8. The van der Waals surface area contributed by atoms with Crippen molar-refractivity contribution in [2.24, 2.45) is 0 Å². The van der Waals surface area contributed by atoms with E-state index in [0.717, 1.165) is 140 Å². The molecule has 0 unspecified atom stereocenters. The molecule has 0 atom stereocenters. The van der Waals surface area contributed by atoms with Crippen molar-refractivity contribution in [3.05, 3.63) is 528 Å². The number of para-hydroxylation sites is 6. The van der Waals surface area contributed by atoms with Gasteiger partial charge < -0.3 is 0 Å². The molecule has 0 saturated heterocycles. The zero-order valence-corrected chi connectivity index (χ0v) is 79.8. The van der Waals surface area contributed by atoms with Crippen molar-refractivity contribution < 1.29 is 0 Å². The molecule has 9 heteroatoms. The Morgan fingerprint density at radius 3 is 0.537 bits per heavy atom. The van der Waals surface area contributed by atoms with E-state index < -0.39 is 0 Å². The summed E-state index contributed by atoms with van der Waals surface area (Å²) in [4.78, 5) is 32.1. The monoisotopic (exact) mass is 1870 g/mol. The average molecular weight is 1870 g/mol. The van der Waals surface area contributed by atoms with Gasteiger partial charge in [-0.05, 0) is 216 Å². The number of fused-ring (bicyclic) bond motifs is 24. The molecule has 0 fully saturated rings. The van der Waals surface area contributed by atoms with E-state index in [9.17, 15) is 0 Å². The Kier molecular flexibility index (Phi) is 20.8. The predicted octanol–water partition coefficient (Wildman–Crippen LogP) is 36.1. The van der Waals surface area contributed by atoms with Gasteiger partial charge in [-0.1, -0.05) is 443 Å². The summed E-state index contributed by atoms with van der Waals surface area (Å²) < 4.78 is 6.99. The molecule has 30 aromatic rings. The van der Waals surface area contributed by atoms with E-state index in [2.05, 4.69) is 493 Å². The van der Waals surface area contributed by atoms with Crippen LogP contribution in [0.1, 0.15) is 0 Å². The van der Waals surface area contributed by atoms with Gasteiger partial charge in [-0.3, -0.25) is 13.7 Å². The Labute approximate surface area is 846 Å². The van der Waals surface area contributed by atoms with E-state index in [1.807, 2.05) is 48.5 Å². The minimum atomic E-state index is 0.820. The largest absolute Gasteiger partial charge is 0.292 e. The molecule has 24 aromatic carbocycles. The van der Waals surface area contributed by atoms with Gasteiger partial charge in [0.05, 0.1) is 66.2 Å². The molecule has 30 rings (SSSR count). The van der Waals surface area contributed by atoms with Crippen LogP contribution < -0.4 is 0 Å². The summed E-state index contributed by atoms with van der Waals surface area (Å²) in [7, 11) is 0. The molecule has 9 nitrogen and oxygen atoms in total. The van der Waals surface area contributed by atoms with Crippen LogP contribution in [0.3, 0.4) is 0 Å². The average Bonchev–Trinajstić information content (AvgIpc) is 1.56. The molecule has 0 spiro atoms. The van der Waals surface area contributed by atoms with E-state index in [1.54, 1.807) is 0 Å². The van der Waals surface area contributed by atoms with E-state index in [0.29, 0.717) is 0 Å². The minimum absolute atomic E-state index is 0.820. The first kappa shape index (κ1) is 85.3. The lowest BCUT2D eigenvalue weighted by Crippen LogP contribution is -2.03. The molecule has 0 aliphatic rings. The van der Waals surface area contributed by atoms with Crippen LogP contribution in [0, 0.1) is 0 Å². The Morgan fingerprint density at radius 1 is 0.116 bits per heavy atom. The molecule has 0 radical (unpaired) electrons. The Hall–Kier alpha value is -19.7. The van der Waals surface area contributed by atoms with Crippen LogP contribution in [-0.2, 0) is 0 Å². The van der Waals surface area contributed by atoms with Crippen LogP contribution >= 0.6 is 0 Å². The lowest BCUT2D eigenvalue weighted by molar-refractivity contribution is 1.08. The summed E-state index contributed by atoms with van der Waals surface area (Å²) in [6.07, 6.45) is 0. The molecule has 147 heavy (non-hydrogen) atoms. The normalized spacial score (nSPS) is 11.7. The molecule has 684 valence electrons. The molecule has 6 heterocycles. The first-order valence-corrected chi connectivity index (χ1v) is 50.0. The number of hydrogen-bond acceptors (Lipinski definition) is 6. The number of benzene rings is 24. The molecule has 0 bridgehead atoms. The molecule has 0 saturated carbocycles. The lowest BCUT2D eigenvalue weighted by Gasteiger charge is -2.15. The Bertz CT molecular complexity index is 10200. The molecule has 6 aromatic heterocycles. The first-order valence-electron chi connectivity index (χ1n) is 50.0. The van der Waals surface area contributed by atoms with Crippen molar-refractivity contribution in [1.82, 2.24) is 43.6 Å². The fraction of sp³-hybridized carbons (Fsp3) is 0. The van der Waals surface area contributed by atoms with Crippen LogP contribution in [0.4, 0.5) is 0 Å². The van der Waals surface area contributed by atoms with E-state index in [1.165, 1.54) is 141 Å². The van der Waals surface area contributed by atoms with Crippen molar-refractivity contribution in [2.75, 3.05) is 0 Å². The van der Waals surface area contributed by atoms with Crippen molar-refractivity contribution >= 4 is 163 Å².